The fourth-order valence-electron chi connectivity index (χ4n) is 1.48. The molecule has 13 heavy (non-hydrogen) atoms. The minimum Gasteiger partial charge on any atom is -0.154 e. The summed E-state index contributed by atoms with van der Waals surface area (Å²) in [5.74, 6) is 0. The van der Waals surface area contributed by atoms with Gasteiger partial charge in [-0.3, -0.25) is 0 Å². The Kier molecular flexibility index (Phi) is 2.90. The summed E-state index contributed by atoms with van der Waals surface area (Å²) in [5.41, 5.74) is 0. The van der Waals surface area contributed by atoms with Gasteiger partial charge in [0.15, 0.2) is 0 Å². The van der Waals surface area contributed by atoms with Crippen LogP contribution in [0.2, 0.25) is 39.3 Å². The molecule has 0 aliphatic heterocycles. The van der Waals surface area contributed by atoms with Crippen molar-refractivity contribution < 1.29 is 0 Å². The lowest BCUT2D eigenvalue weighted by Gasteiger charge is -2.23. The lowest BCUT2D eigenvalue weighted by atomic mass is 10.7. The van der Waals surface area contributed by atoms with Crippen molar-refractivity contribution in [3.8, 4) is 0 Å². The third-order valence-electron chi connectivity index (χ3n) is 2.15. The molecule has 0 aliphatic rings. The molecule has 0 saturated carbocycles. The molecule has 0 amide bonds. The number of hydrogen-bond donors (Lipinski definition) is 0. The van der Waals surface area contributed by atoms with Crippen LogP contribution in [0.4, 0.5) is 0 Å². The van der Waals surface area contributed by atoms with Gasteiger partial charge in [-0.15, -0.1) is 0 Å². The van der Waals surface area contributed by atoms with Gasteiger partial charge in [0.1, 0.15) is 0 Å². The fraction of sp³-hybridized carbons (Fsp3) is 0.600. The van der Waals surface area contributed by atoms with Crippen molar-refractivity contribution in [2.24, 2.45) is 0 Å². The lowest BCUT2D eigenvalue weighted by Crippen LogP contribution is -2.53. The van der Waals surface area contributed by atoms with E-state index in [1.165, 1.54) is 0 Å². The zero-order chi connectivity index (χ0) is 10.3. The maximum Gasteiger partial charge on any atom is 0.0902 e. The van der Waals surface area contributed by atoms with Gasteiger partial charge >= 0.3 is 0 Å². The van der Waals surface area contributed by atoms with Crippen LogP contribution in [0, 0.1) is 0 Å². The zero-order valence-corrected chi connectivity index (χ0v) is 12.4. The predicted octanol–water partition coefficient (Wildman–Crippen LogP) is 2.84. The molecule has 0 aromatic carbocycles. The molecule has 0 bridgehead atoms. The summed E-state index contributed by atoms with van der Waals surface area (Å²) in [6, 6.07) is 2.37. The largest absolute Gasteiger partial charge is 0.154 e. The minimum absolute atomic E-state index is 1.08. The Hall–Kier alpha value is 0.134. The Labute approximate surface area is 88.0 Å². The predicted molar refractivity (Wildman–Crippen MR) is 70.3 cm³/mol. The first kappa shape index (κ1) is 11.2. The van der Waals surface area contributed by atoms with Gasteiger partial charge in [0.25, 0.3) is 0 Å². The highest BCUT2D eigenvalue weighted by molar-refractivity contribution is 7.28. The van der Waals surface area contributed by atoms with E-state index in [2.05, 4.69) is 50.7 Å². The Morgan fingerprint density at radius 2 is 1.46 bits per heavy atom. The van der Waals surface area contributed by atoms with Crippen LogP contribution in [0.25, 0.3) is 0 Å². The standard InChI is InChI=1S/C10H20SSi2/c1-12(2,3)9-7-8-11-10(9)13(4,5)6/h7-8H,1-6H3. The minimum atomic E-state index is -1.09. The van der Waals surface area contributed by atoms with Crippen LogP contribution in [0.15, 0.2) is 11.4 Å². The summed E-state index contributed by atoms with van der Waals surface area (Å²) in [5, 5.41) is 3.98. The van der Waals surface area contributed by atoms with Gasteiger partial charge in [-0.05, 0) is 9.88 Å². The van der Waals surface area contributed by atoms with Crippen molar-refractivity contribution in [3.05, 3.63) is 11.4 Å². The Morgan fingerprint density at radius 1 is 0.923 bits per heavy atom. The van der Waals surface area contributed by atoms with Crippen LogP contribution in [0.1, 0.15) is 0 Å². The quantitative estimate of drug-likeness (QED) is 0.683. The fourth-order valence-corrected chi connectivity index (χ4v) is 9.26. The third kappa shape index (κ3) is 2.54. The SMILES string of the molecule is C[Si](C)(C)c1ccsc1[Si](C)(C)C. The Morgan fingerprint density at radius 3 is 1.77 bits per heavy atom. The molecule has 0 unspecified atom stereocenters. The highest BCUT2D eigenvalue weighted by Gasteiger charge is 2.28. The summed E-state index contributed by atoms with van der Waals surface area (Å²) in [6.45, 7) is 14.7. The molecule has 1 rings (SSSR count). The van der Waals surface area contributed by atoms with E-state index in [0.29, 0.717) is 0 Å². The summed E-state index contributed by atoms with van der Waals surface area (Å²) >= 11 is 1.98. The molecule has 74 valence electrons. The highest BCUT2D eigenvalue weighted by atomic mass is 32.1. The van der Waals surface area contributed by atoms with Crippen LogP contribution >= 0.6 is 11.3 Å². The molecule has 0 spiro atoms. The smallest absolute Gasteiger partial charge is 0.0902 e. The van der Waals surface area contributed by atoms with Crippen LogP contribution in [-0.4, -0.2) is 16.1 Å². The number of hydrogen-bond acceptors (Lipinski definition) is 1. The first-order valence-electron chi connectivity index (χ1n) is 4.81. The molecule has 0 aliphatic carbocycles. The van der Waals surface area contributed by atoms with E-state index in [1.807, 2.05) is 11.3 Å². The van der Waals surface area contributed by atoms with E-state index in [9.17, 15) is 0 Å². The lowest BCUT2D eigenvalue weighted by molar-refractivity contribution is 1.74. The molecule has 0 saturated heterocycles. The van der Waals surface area contributed by atoms with E-state index >= 15 is 0 Å². The average molecular weight is 229 g/mol. The molecule has 0 radical (unpaired) electrons. The second-order valence-corrected chi connectivity index (χ2v) is 17.0. The molecule has 0 atom stereocenters. The Bertz CT molecular complexity index is 260. The second kappa shape index (κ2) is 3.37. The molecule has 0 N–H and O–H groups in total. The van der Waals surface area contributed by atoms with E-state index in [1.54, 1.807) is 9.69 Å². The average Bonchev–Trinajstić information content (AvgIpc) is 2.27. The summed E-state index contributed by atoms with van der Waals surface area (Å²) in [7, 11) is -2.17. The summed E-state index contributed by atoms with van der Waals surface area (Å²) in [6.07, 6.45) is 0. The van der Waals surface area contributed by atoms with Gasteiger partial charge in [-0.25, -0.2) is 0 Å². The maximum atomic E-state index is 2.45. The van der Waals surface area contributed by atoms with Crippen molar-refractivity contribution in [1.29, 1.82) is 0 Å². The molecule has 0 nitrogen and oxygen atoms in total. The van der Waals surface area contributed by atoms with Crippen molar-refractivity contribution >= 4 is 37.2 Å². The molecule has 1 heterocycles. The van der Waals surface area contributed by atoms with Crippen LogP contribution in [0.5, 0.6) is 0 Å². The van der Waals surface area contributed by atoms with E-state index in [4.69, 9.17) is 0 Å². The molecular formula is C10H20SSi2. The molecule has 0 fully saturated rings. The van der Waals surface area contributed by atoms with Gasteiger partial charge in [-0.1, -0.05) is 50.5 Å². The van der Waals surface area contributed by atoms with Crippen LogP contribution in [0.3, 0.4) is 0 Å². The highest BCUT2D eigenvalue weighted by Crippen LogP contribution is 2.10. The second-order valence-electron chi connectivity index (χ2n) is 5.66. The summed E-state index contributed by atoms with van der Waals surface area (Å²) in [4.78, 5) is 0. The van der Waals surface area contributed by atoms with E-state index in [0.717, 1.165) is 0 Å². The number of rotatable bonds is 2. The van der Waals surface area contributed by atoms with Crippen molar-refractivity contribution in [2.45, 2.75) is 39.3 Å². The van der Waals surface area contributed by atoms with Gasteiger partial charge in [0.05, 0.1) is 16.1 Å². The first-order chi connectivity index (χ1) is 5.73. The van der Waals surface area contributed by atoms with Crippen molar-refractivity contribution in [2.75, 3.05) is 0 Å². The molecule has 1 aromatic rings. The van der Waals surface area contributed by atoms with Crippen LogP contribution < -0.4 is 9.69 Å². The maximum absolute atomic E-state index is 2.45. The monoisotopic (exact) mass is 228 g/mol. The molecule has 1 aromatic heterocycles. The van der Waals surface area contributed by atoms with E-state index < -0.39 is 16.1 Å². The zero-order valence-electron chi connectivity index (χ0n) is 9.56. The van der Waals surface area contributed by atoms with Crippen LogP contribution in [-0.2, 0) is 0 Å². The number of thiophene rings is 1. The topological polar surface area (TPSA) is 0 Å². The van der Waals surface area contributed by atoms with Crippen molar-refractivity contribution in [3.63, 3.8) is 0 Å². The Balaban J connectivity index is 3.19. The van der Waals surface area contributed by atoms with Crippen molar-refractivity contribution in [1.82, 2.24) is 0 Å². The van der Waals surface area contributed by atoms with Gasteiger partial charge in [-0.2, -0.15) is 11.3 Å². The van der Waals surface area contributed by atoms with Gasteiger partial charge in [0.2, 0.25) is 0 Å². The molecular weight excluding hydrogens is 208 g/mol. The summed E-state index contributed by atoms with van der Waals surface area (Å²) < 4.78 is 1.73. The van der Waals surface area contributed by atoms with Gasteiger partial charge < -0.3 is 0 Å². The third-order valence-corrected chi connectivity index (χ3v) is 9.17. The first-order valence-corrected chi connectivity index (χ1v) is 12.7. The molecule has 3 heteroatoms. The normalized spacial score (nSPS) is 13.4. The van der Waals surface area contributed by atoms with E-state index in [-0.39, 0.29) is 0 Å². The van der Waals surface area contributed by atoms with Gasteiger partial charge in [0, 0.05) is 0 Å².